The zero-order valence-electron chi connectivity index (χ0n) is 10.7. The third-order valence-corrected chi connectivity index (χ3v) is 3.32. The lowest BCUT2D eigenvalue weighted by Crippen LogP contribution is -2.16. The van der Waals surface area contributed by atoms with Crippen LogP contribution in [0.15, 0.2) is 36.4 Å². The molecule has 0 radical (unpaired) electrons. The molecule has 0 saturated heterocycles. The van der Waals surface area contributed by atoms with Gasteiger partial charge in [0.25, 0.3) is 5.91 Å². The van der Waals surface area contributed by atoms with Crippen LogP contribution in [0.3, 0.4) is 0 Å². The number of amides is 2. The molecule has 2 aromatic rings. The molecule has 0 aliphatic carbocycles. The topological polar surface area (TPSA) is 98.2 Å². The molecule has 7 heteroatoms. The molecule has 0 saturated carbocycles. The number of benzene rings is 2. The molecule has 21 heavy (non-hydrogen) atoms. The van der Waals surface area contributed by atoms with E-state index in [2.05, 4.69) is 5.32 Å². The van der Waals surface area contributed by atoms with Crippen LogP contribution in [0.2, 0.25) is 10.0 Å². The van der Waals surface area contributed by atoms with Gasteiger partial charge in [0.05, 0.1) is 16.3 Å². The monoisotopic (exact) mass is 323 g/mol. The van der Waals surface area contributed by atoms with Gasteiger partial charge in [0.2, 0.25) is 5.91 Å². The summed E-state index contributed by atoms with van der Waals surface area (Å²) >= 11 is 11.8. The first kappa shape index (κ1) is 15.2. The van der Waals surface area contributed by atoms with Crippen molar-refractivity contribution >= 4 is 46.4 Å². The van der Waals surface area contributed by atoms with Crippen molar-refractivity contribution in [1.29, 1.82) is 0 Å². The minimum Gasteiger partial charge on any atom is -0.398 e. The highest BCUT2D eigenvalue weighted by atomic mass is 35.5. The maximum Gasteiger partial charge on any atom is 0.257 e. The molecule has 108 valence electrons. The van der Waals surface area contributed by atoms with Gasteiger partial charge in [-0.2, -0.15) is 0 Å². The van der Waals surface area contributed by atoms with Crippen molar-refractivity contribution in [3.8, 4) is 0 Å². The van der Waals surface area contributed by atoms with E-state index < -0.39 is 11.8 Å². The lowest BCUT2D eigenvalue weighted by Gasteiger charge is -2.10. The molecule has 2 aromatic carbocycles. The van der Waals surface area contributed by atoms with Crippen molar-refractivity contribution in [1.82, 2.24) is 0 Å². The molecule has 0 spiro atoms. The van der Waals surface area contributed by atoms with Crippen LogP contribution in [0.4, 0.5) is 11.4 Å². The first-order valence-electron chi connectivity index (χ1n) is 5.84. The van der Waals surface area contributed by atoms with Gasteiger partial charge in [0.15, 0.2) is 0 Å². The van der Waals surface area contributed by atoms with Crippen LogP contribution in [-0.4, -0.2) is 11.8 Å². The lowest BCUT2D eigenvalue weighted by atomic mass is 10.1. The minimum atomic E-state index is -0.617. The van der Waals surface area contributed by atoms with Gasteiger partial charge in [-0.1, -0.05) is 23.2 Å². The number of nitrogen functional groups attached to an aromatic ring is 1. The summed E-state index contributed by atoms with van der Waals surface area (Å²) in [6.45, 7) is 0. The van der Waals surface area contributed by atoms with Gasteiger partial charge in [-0.15, -0.1) is 0 Å². The second-order valence-corrected chi connectivity index (χ2v) is 5.09. The predicted octanol–water partition coefficient (Wildman–Crippen LogP) is 2.93. The Morgan fingerprint density at radius 2 is 1.76 bits per heavy atom. The molecule has 0 atom stereocenters. The first-order valence-corrected chi connectivity index (χ1v) is 6.60. The highest BCUT2D eigenvalue weighted by Gasteiger charge is 2.13. The molecule has 0 aliphatic rings. The molecule has 0 heterocycles. The molecule has 0 aromatic heterocycles. The Morgan fingerprint density at radius 3 is 2.38 bits per heavy atom. The zero-order chi connectivity index (χ0) is 15.6. The maximum absolute atomic E-state index is 12.2. The number of anilines is 2. The molecule has 0 unspecified atom stereocenters. The Kier molecular flexibility index (Phi) is 4.35. The van der Waals surface area contributed by atoms with Gasteiger partial charge in [-0.3, -0.25) is 9.59 Å². The summed E-state index contributed by atoms with van der Waals surface area (Å²) in [4.78, 5) is 23.3. The summed E-state index contributed by atoms with van der Waals surface area (Å²) in [7, 11) is 0. The number of hydrogen-bond donors (Lipinski definition) is 3. The van der Waals surface area contributed by atoms with Crippen molar-refractivity contribution in [2.75, 3.05) is 11.1 Å². The van der Waals surface area contributed by atoms with E-state index >= 15 is 0 Å². The van der Waals surface area contributed by atoms with Crippen LogP contribution in [0.1, 0.15) is 20.7 Å². The summed E-state index contributed by atoms with van der Waals surface area (Å²) in [5.41, 5.74) is 11.9. The standard InChI is InChI=1S/C14H11Cl2N3O2/c15-8-2-3-9(11(17)6-8)14(21)19-12-5-7(13(18)20)1-4-10(12)16/h1-6H,17H2,(H2,18,20)(H,19,21). The van der Waals surface area contributed by atoms with Crippen molar-refractivity contribution in [2.24, 2.45) is 5.73 Å². The van der Waals surface area contributed by atoms with E-state index in [-0.39, 0.29) is 27.5 Å². The quantitative estimate of drug-likeness (QED) is 0.757. The van der Waals surface area contributed by atoms with Gasteiger partial charge < -0.3 is 16.8 Å². The van der Waals surface area contributed by atoms with Gasteiger partial charge in [0, 0.05) is 16.3 Å². The second-order valence-electron chi connectivity index (χ2n) is 4.24. The Hall–Kier alpha value is -2.24. The van der Waals surface area contributed by atoms with Crippen LogP contribution < -0.4 is 16.8 Å². The highest BCUT2D eigenvalue weighted by molar-refractivity contribution is 6.34. The summed E-state index contributed by atoms with van der Waals surface area (Å²) < 4.78 is 0. The van der Waals surface area contributed by atoms with E-state index in [4.69, 9.17) is 34.7 Å². The van der Waals surface area contributed by atoms with E-state index in [1.54, 1.807) is 6.07 Å². The van der Waals surface area contributed by atoms with Gasteiger partial charge in [-0.05, 0) is 36.4 Å². The molecule has 0 bridgehead atoms. The van der Waals surface area contributed by atoms with E-state index in [0.717, 1.165) is 0 Å². The summed E-state index contributed by atoms with van der Waals surface area (Å²) in [6.07, 6.45) is 0. The number of carbonyl (C=O) groups is 2. The van der Waals surface area contributed by atoms with Gasteiger partial charge in [0.1, 0.15) is 0 Å². The molecular weight excluding hydrogens is 313 g/mol. The average Bonchev–Trinajstić information content (AvgIpc) is 2.40. The third-order valence-electron chi connectivity index (χ3n) is 2.76. The van der Waals surface area contributed by atoms with E-state index in [1.165, 1.54) is 30.3 Å². The number of hydrogen-bond acceptors (Lipinski definition) is 3. The predicted molar refractivity (Wildman–Crippen MR) is 83.8 cm³/mol. The van der Waals surface area contributed by atoms with Crippen LogP contribution in [0.5, 0.6) is 0 Å². The number of primary amides is 1. The zero-order valence-corrected chi connectivity index (χ0v) is 12.2. The van der Waals surface area contributed by atoms with Crippen LogP contribution >= 0.6 is 23.2 Å². The van der Waals surface area contributed by atoms with Crippen LogP contribution in [0, 0.1) is 0 Å². The van der Waals surface area contributed by atoms with Crippen LogP contribution in [0.25, 0.3) is 0 Å². The number of nitrogens with two attached hydrogens (primary N) is 2. The Morgan fingerprint density at radius 1 is 1.05 bits per heavy atom. The summed E-state index contributed by atoms with van der Waals surface area (Å²) in [5.74, 6) is -1.08. The van der Waals surface area contributed by atoms with Crippen LogP contribution in [-0.2, 0) is 0 Å². The third kappa shape index (κ3) is 3.45. The average molecular weight is 324 g/mol. The van der Waals surface area contributed by atoms with Crippen molar-refractivity contribution in [3.05, 3.63) is 57.6 Å². The molecule has 2 amide bonds. The number of rotatable bonds is 3. The van der Waals surface area contributed by atoms with Crippen molar-refractivity contribution in [2.45, 2.75) is 0 Å². The molecule has 5 nitrogen and oxygen atoms in total. The largest absolute Gasteiger partial charge is 0.398 e. The fourth-order valence-electron chi connectivity index (χ4n) is 1.70. The fourth-order valence-corrected chi connectivity index (χ4v) is 2.05. The van der Waals surface area contributed by atoms with E-state index in [9.17, 15) is 9.59 Å². The summed E-state index contributed by atoms with van der Waals surface area (Å²) in [5, 5.41) is 3.29. The lowest BCUT2D eigenvalue weighted by molar-refractivity contribution is 0.0996. The van der Waals surface area contributed by atoms with Crippen molar-refractivity contribution in [3.63, 3.8) is 0 Å². The normalized spacial score (nSPS) is 10.2. The van der Waals surface area contributed by atoms with E-state index in [1.807, 2.05) is 0 Å². The fraction of sp³-hybridized carbons (Fsp3) is 0. The van der Waals surface area contributed by atoms with Gasteiger partial charge in [-0.25, -0.2) is 0 Å². The number of carbonyl (C=O) groups excluding carboxylic acids is 2. The van der Waals surface area contributed by atoms with Gasteiger partial charge >= 0.3 is 0 Å². The Bertz CT molecular complexity index is 732. The molecule has 0 aliphatic heterocycles. The second kappa shape index (κ2) is 6.03. The molecule has 5 N–H and O–H groups in total. The van der Waals surface area contributed by atoms with Crippen molar-refractivity contribution < 1.29 is 9.59 Å². The Balaban J connectivity index is 2.31. The number of halogens is 2. The molecule has 2 rings (SSSR count). The Labute approximate surface area is 130 Å². The smallest absolute Gasteiger partial charge is 0.257 e. The summed E-state index contributed by atoms with van der Waals surface area (Å²) in [6, 6.07) is 8.86. The molecular formula is C14H11Cl2N3O2. The van der Waals surface area contributed by atoms with E-state index in [0.29, 0.717) is 5.02 Å². The minimum absolute atomic E-state index is 0.235. The highest BCUT2D eigenvalue weighted by Crippen LogP contribution is 2.25. The SMILES string of the molecule is NC(=O)c1ccc(Cl)c(NC(=O)c2ccc(Cl)cc2N)c1. The maximum atomic E-state index is 12.2. The first-order chi connectivity index (χ1) is 9.88. The molecule has 0 fully saturated rings. The number of nitrogens with one attached hydrogen (secondary N) is 1.